The van der Waals surface area contributed by atoms with Crippen LogP contribution in [0.15, 0.2) is 30.5 Å². The molecule has 0 aliphatic carbocycles. The van der Waals surface area contributed by atoms with Crippen LogP contribution in [0, 0.1) is 6.92 Å². The molecule has 2 aliphatic rings. The summed E-state index contributed by atoms with van der Waals surface area (Å²) in [6.07, 6.45) is 4.84. The van der Waals surface area contributed by atoms with Gasteiger partial charge < -0.3 is 14.5 Å². The van der Waals surface area contributed by atoms with Gasteiger partial charge in [-0.15, -0.1) is 0 Å². The molecule has 1 aromatic carbocycles. The summed E-state index contributed by atoms with van der Waals surface area (Å²) >= 11 is 0. The number of piperazine rings is 1. The van der Waals surface area contributed by atoms with Crippen molar-refractivity contribution in [2.45, 2.75) is 32.7 Å². The van der Waals surface area contributed by atoms with E-state index >= 15 is 0 Å². The van der Waals surface area contributed by atoms with Crippen molar-refractivity contribution in [3.8, 4) is 5.75 Å². The van der Waals surface area contributed by atoms with Crippen LogP contribution in [0.4, 0.5) is 0 Å². The lowest BCUT2D eigenvalue weighted by atomic mass is 10.1. The Labute approximate surface area is 164 Å². The minimum absolute atomic E-state index is 0.0221. The van der Waals surface area contributed by atoms with Crippen LogP contribution in [0.2, 0.25) is 0 Å². The van der Waals surface area contributed by atoms with Gasteiger partial charge in [-0.1, -0.05) is 12.1 Å². The zero-order valence-corrected chi connectivity index (χ0v) is 16.3. The average molecular weight is 382 g/mol. The molecule has 0 N–H and O–H groups in total. The fourth-order valence-electron chi connectivity index (χ4n) is 3.87. The van der Waals surface area contributed by atoms with Gasteiger partial charge in [0.05, 0.1) is 17.5 Å². The number of ether oxygens (including phenoxy) is 1. The van der Waals surface area contributed by atoms with Gasteiger partial charge in [-0.05, 0) is 43.9 Å². The highest BCUT2D eigenvalue weighted by atomic mass is 16.5. The van der Waals surface area contributed by atoms with Gasteiger partial charge in [0.15, 0.2) is 6.61 Å². The van der Waals surface area contributed by atoms with E-state index in [1.54, 1.807) is 11.1 Å². The Balaban J connectivity index is 1.30. The molecule has 0 atom stereocenters. The van der Waals surface area contributed by atoms with Crippen molar-refractivity contribution in [2.24, 2.45) is 0 Å². The maximum absolute atomic E-state index is 12.9. The number of fused-ring (bicyclic) bond motifs is 1. The third kappa shape index (κ3) is 3.88. The molecule has 3 heterocycles. The molecule has 28 heavy (non-hydrogen) atoms. The number of benzene rings is 1. The lowest BCUT2D eigenvalue weighted by Crippen LogP contribution is -2.51. The first kappa shape index (κ1) is 18.5. The number of hydrogen-bond donors (Lipinski definition) is 0. The van der Waals surface area contributed by atoms with E-state index in [1.165, 1.54) is 0 Å². The monoisotopic (exact) mass is 382 g/mol. The lowest BCUT2D eigenvalue weighted by Gasteiger charge is -2.34. The second-order valence-electron chi connectivity index (χ2n) is 7.46. The Morgan fingerprint density at radius 2 is 1.86 bits per heavy atom. The molecule has 7 heteroatoms. The number of hydrogen-bond acceptors (Lipinski definition) is 4. The van der Waals surface area contributed by atoms with Gasteiger partial charge in [0.2, 0.25) is 0 Å². The molecule has 4 rings (SSSR count). The number of nitrogens with zero attached hydrogens (tertiary/aromatic N) is 4. The standard InChI is InChI=1S/C21H26N4O3/c1-16-5-4-6-17(13-16)28-15-20(26)23-9-11-24(12-10-23)21(27)18-14-22-25-8-3-2-7-19(18)25/h4-6,13-14H,2-3,7-12,15H2,1H3. The van der Waals surface area contributed by atoms with E-state index in [1.807, 2.05) is 40.8 Å². The fourth-order valence-corrected chi connectivity index (χ4v) is 3.87. The second-order valence-corrected chi connectivity index (χ2v) is 7.46. The first-order valence-corrected chi connectivity index (χ1v) is 9.93. The zero-order valence-electron chi connectivity index (χ0n) is 16.3. The van der Waals surface area contributed by atoms with E-state index in [0.29, 0.717) is 31.9 Å². The van der Waals surface area contributed by atoms with Crippen LogP contribution < -0.4 is 4.74 Å². The first-order chi connectivity index (χ1) is 13.6. The fraction of sp³-hybridized carbons (Fsp3) is 0.476. The predicted molar refractivity (Wildman–Crippen MR) is 104 cm³/mol. The van der Waals surface area contributed by atoms with E-state index in [-0.39, 0.29) is 18.4 Å². The summed E-state index contributed by atoms with van der Waals surface area (Å²) in [5, 5.41) is 4.36. The summed E-state index contributed by atoms with van der Waals surface area (Å²) in [5.74, 6) is 0.691. The Morgan fingerprint density at radius 3 is 2.64 bits per heavy atom. The van der Waals surface area contributed by atoms with Crippen molar-refractivity contribution in [1.82, 2.24) is 19.6 Å². The highest BCUT2D eigenvalue weighted by Gasteiger charge is 2.28. The summed E-state index contributed by atoms with van der Waals surface area (Å²) in [5.41, 5.74) is 2.88. The highest BCUT2D eigenvalue weighted by molar-refractivity contribution is 5.95. The molecule has 1 saturated heterocycles. The topological polar surface area (TPSA) is 67.7 Å². The van der Waals surface area contributed by atoms with Gasteiger partial charge >= 0.3 is 0 Å². The molecule has 1 aromatic heterocycles. The van der Waals surface area contributed by atoms with Crippen LogP contribution in [0.25, 0.3) is 0 Å². The van der Waals surface area contributed by atoms with Gasteiger partial charge in [-0.2, -0.15) is 5.10 Å². The molecule has 2 amide bonds. The van der Waals surface area contributed by atoms with Crippen molar-refractivity contribution in [1.29, 1.82) is 0 Å². The second kappa shape index (κ2) is 8.04. The average Bonchev–Trinajstić information content (AvgIpc) is 3.16. The summed E-state index contributed by atoms with van der Waals surface area (Å²) < 4.78 is 7.57. The molecule has 7 nitrogen and oxygen atoms in total. The van der Waals surface area contributed by atoms with E-state index in [9.17, 15) is 9.59 Å². The van der Waals surface area contributed by atoms with Gasteiger partial charge in [-0.3, -0.25) is 14.3 Å². The smallest absolute Gasteiger partial charge is 0.260 e. The van der Waals surface area contributed by atoms with Crippen molar-refractivity contribution in [3.05, 3.63) is 47.3 Å². The Hall–Kier alpha value is -2.83. The van der Waals surface area contributed by atoms with Crippen LogP contribution in [0.1, 0.15) is 34.5 Å². The number of aryl methyl sites for hydroxylation is 2. The van der Waals surface area contributed by atoms with Crippen LogP contribution in [-0.4, -0.2) is 64.2 Å². The molecule has 1 fully saturated rings. The molecule has 0 spiro atoms. The molecule has 0 saturated carbocycles. The lowest BCUT2D eigenvalue weighted by molar-refractivity contribution is -0.134. The van der Waals surface area contributed by atoms with Crippen molar-refractivity contribution < 1.29 is 14.3 Å². The molecular weight excluding hydrogens is 356 g/mol. The number of amides is 2. The molecule has 0 bridgehead atoms. The first-order valence-electron chi connectivity index (χ1n) is 9.93. The van der Waals surface area contributed by atoms with E-state index < -0.39 is 0 Å². The summed E-state index contributed by atoms with van der Waals surface area (Å²) in [6.45, 7) is 5.05. The van der Waals surface area contributed by atoms with Gasteiger partial charge in [0.25, 0.3) is 11.8 Å². The Morgan fingerprint density at radius 1 is 1.07 bits per heavy atom. The molecule has 2 aromatic rings. The van der Waals surface area contributed by atoms with Gasteiger partial charge in [-0.25, -0.2) is 0 Å². The third-order valence-corrected chi connectivity index (χ3v) is 5.48. The zero-order chi connectivity index (χ0) is 19.5. The van der Waals surface area contributed by atoms with E-state index in [2.05, 4.69) is 5.10 Å². The largest absolute Gasteiger partial charge is 0.484 e. The van der Waals surface area contributed by atoms with Gasteiger partial charge in [0.1, 0.15) is 5.75 Å². The highest BCUT2D eigenvalue weighted by Crippen LogP contribution is 2.20. The maximum atomic E-state index is 12.9. The maximum Gasteiger partial charge on any atom is 0.260 e. The molecule has 148 valence electrons. The third-order valence-electron chi connectivity index (χ3n) is 5.48. The van der Waals surface area contributed by atoms with Crippen molar-refractivity contribution >= 4 is 11.8 Å². The summed E-state index contributed by atoms with van der Waals surface area (Å²) in [4.78, 5) is 28.9. The number of carbonyl (C=O) groups excluding carboxylic acids is 2. The SMILES string of the molecule is Cc1cccc(OCC(=O)N2CCN(C(=O)c3cnn4c3CCCC4)CC2)c1. The van der Waals surface area contributed by atoms with Crippen molar-refractivity contribution in [3.63, 3.8) is 0 Å². The summed E-state index contributed by atoms with van der Waals surface area (Å²) in [7, 11) is 0. The number of rotatable bonds is 4. The van der Waals surface area contributed by atoms with Crippen LogP contribution >= 0.6 is 0 Å². The minimum Gasteiger partial charge on any atom is -0.484 e. The normalized spacial score (nSPS) is 16.6. The Bertz CT molecular complexity index is 868. The quantitative estimate of drug-likeness (QED) is 0.810. The molecule has 0 unspecified atom stereocenters. The number of carbonyl (C=O) groups is 2. The Kier molecular flexibility index (Phi) is 5.32. The molecule has 2 aliphatic heterocycles. The predicted octanol–water partition coefficient (Wildman–Crippen LogP) is 1.89. The van der Waals surface area contributed by atoms with Crippen LogP contribution in [-0.2, 0) is 17.8 Å². The van der Waals surface area contributed by atoms with Crippen LogP contribution in [0.3, 0.4) is 0 Å². The molecule has 0 radical (unpaired) electrons. The molecular formula is C21H26N4O3. The van der Waals surface area contributed by atoms with E-state index in [4.69, 9.17) is 4.74 Å². The van der Waals surface area contributed by atoms with Crippen molar-refractivity contribution in [2.75, 3.05) is 32.8 Å². The minimum atomic E-state index is -0.0449. The summed E-state index contributed by atoms with van der Waals surface area (Å²) in [6, 6.07) is 7.66. The van der Waals surface area contributed by atoms with E-state index in [0.717, 1.165) is 42.6 Å². The van der Waals surface area contributed by atoms with Crippen LogP contribution in [0.5, 0.6) is 5.75 Å². The number of aromatic nitrogens is 2. The van der Waals surface area contributed by atoms with Gasteiger partial charge in [0, 0.05) is 32.7 Å².